The van der Waals surface area contributed by atoms with Crippen LogP contribution in [0.2, 0.25) is 0 Å². The van der Waals surface area contributed by atoms with Crippen molar-refractivity contribution in [2.24, 2.45) is 0 Å². The predicted molar refractivity (Wildman–Crippen MR) is 71.6 cm³/mol. The van der Waals surface area contributed by atoms with Crippen molar-refractivity contribution in [2.45, 2.75) is 27.3 Å². The normalized spacial score (nSPS) is 10.2. The molecule has 1 aromatic rings. The van der Waals surface area contributed by atoms with Gasteiger partial charge in [-0.05, 0) is 26.8 Å². The molecule has 0 radical (unpaired) electrons. The van der Waals surface area contributed by atoms with Crippen LogP contribution in [0.25, 0.3) is 0 Å². The van der Waals surface area contributed by atoms with Crippen molar-refractivity contribution in [3.05, 3.63) is 23.0 Å². The molecule has 0 spiro atoms. The summed E-state index contributed by atoms with van der Waals surface area (Å²) in [5, 5.41) is 17.3. The summed E-state index contributed by atoms with van der Waals surface area (Å²) in [5.74, 6) is -0.0432. The van der Waals surface area contributed by atoms with Gasteiger partial charge in [0.05, 0.1) is 31.8 Å². The lowest BCUT2D eigenvalue weighted by Gasteiger charge is -2.14. The molecule has 100 valence electrons. The van der Waals surface area contributed by atoms with E-state index in [0.29, 0.717) is 5.56 Å². The number of nitriles is 2. The van der Waals surface area contributed by atoms with Gasteiger partial charge in [-0.25, -0.2) is 0 Å². The van der Waals surface area contributed by atoms with Gasteiger partial charge in [-0.1, -0.05) is 0 Å². The maximum Gasteiger partial charge on any atom is 0.178 e. The Bertz CT molecular complexity index is 529. The van der Waals surface area contributed by atoms with Crippen LogP contribution in [0.5, 0.6) is 0 Å². The fraction of sp³-hybridized carbons (Fsp3) is 0.500. The Labute approximate surface area is 113 Å². The molecule has 0 N–H and O–H groups in total. The standard InChI is InChI=1S/C14H18N4O/c1-4-18-11(2)9-13(12(18)3)14(19)10-17(7-5-15)8-6-16/h9H,4,7-8,10H2,1-3H3. The predicted octanol–water partition coefficient (Wildman–Crippen LogP) is 1.66. The highest BCUT2D eigenvalue weighted by Gasteiger charge is 2.17. The molecule has 19 heavy (non-hydrogen) atoms. The van der Waals surface area contributed by atoms with E-state index in [0.717, 1.165) is 17.9 Å². The van der Waals surface area contributed by atoms with Crippen LogP contribution in [0.4, 0.5) is 0 Å². The second-order valence-electron chi connectivity index (χ2n) is 4.41. The third-order valence-electron chi connectivity index (χ3n) is 3.15. The van der Waals surface area contributed by atoms with Crippen molar-refractivity contribution in [3.8, 4) is 12.1 Å². The molecule has 0 aromatic carbocycles. The van der Waals surface area contributed by atoms with Crippen LogP contribution < -0.4 is 0 Å². The van der Waals surface area contributed by atoms with Gasteiger partial charge in [-0.2, -0.15) is 10.5 Å². The highest BCUT2D eigenvalue weighted by Crippen LogP contribution is 2.16. The fourth-order valence-electron chi connectivity index (χ4n) is 2.23. The number of Topliss-reactive ketones (excluding diaryl/α,β-unsaturated/α-hetero) is 1. The monoisotopic (exact) mass is 258 g/mol. The first-order chi connectivity index (χ1) is 9.04. The van der Waals surface area contributed by atoms with E-state index in [1.165, 1.54) is 0 Å². The van der Waals surface area contributed by atoms with E-state index >= 15 is 0 Å². The smallest absolute Gasteiger partial charge is 0.178 e. The summed E-state index contributed by atoms with van der Waals surface area (Å²) in [7, 11) is 0. The van der Waals surface area contributed by atoms with Crippen molar-refractivity contribution in [3.63, 3.8) is 0 Å². The summed E-state index contributed by atoms with van der Waals surface area (Å²) in [6.45, 7) is 7.03. The van der Waals surface area contributed by atoms with Crippen molar-refractivity contribution < 1.29 is 4.79 Å². The third kappa shape index (κ3) is 3.43. The number of ketones is 1. The largest absolute Gasteiger partial charge is 0.349 e. The van der Waals surface area contributed by atoms with Crippen molar-refractivity contribution >= 4 is 5.78 Å². The van der Waals surface area contributed by atoms with E-state index in [2.05, 4.69) is 4.57 Å². The minimum Gasteiger partial charge on any atom is -0.349 e. The van der Waals surface area contributed by atoms with Gasteiger partial charge in [0.25, 0.3) is 0 Å². The molecule has 0 saturated carbocycles. The SMILES string of the molecule is CCn1c(C)cc(C(=O)CN(CC#N)CC#N)c1C. The number of carbonyl (C=O) groups is 1. The second kappa shape index (κ2) is 6.72. The van der Waals surface area contributed by atoms with Gasteiger partial charge >= 0.3 is 0 Å². The zero-order chi connectivity index (χ0) is 14.4. The summed E-state index contributed by atoms with van der Waals surface area (Å²) >= 11 is 0. The van der Waals surface area contributed by atoms with E-state index < -0.39 is 0 Å². The Morgan fingerprint density at radius 3 is 2.32 bits per heavy atom. The van der Waals surface area contributed by atoms with E-state index in [9.17, 15) is 4.79 Å². The fourth-order valence-corrected chi connectivity index (χ4v) is 2.23. The highest BCUT2D eigenvalue weighted by atomic mass is 16.1. The summed E-state index contributed by atoms with van der Waals surface area (Å²) in [6, 6.07) is 5.81. The Morgan fingerprint density at radius 2 is 1.89 bits per heavy atom. The Hall–Kier alpha value is -2.11. The third-order valence-corrected chi connectivity index (χ3v) is 3.15. The van der Waals surface area contributed by atoms with E-state index in [-0.39, 0.29) is 25.4 Å². The summed E-state index contributed by atoms with van der Waals surface area (Å²) in [4.78, 5) is 13.8. The molecular weight excluding hydrogens is 240 g/mol. The minimum atomic E-state index is -0.0432. The molecule has 0 fully saturated rings. The van der Waals surface area contributed by atoms with Crippen molar-refractivity contribution in [2.75, 3.05) is 19.6 Å². The number of aryl methyl sites for hydroxylation is 1. The zero-order valence-electron chi connectivity index (χ0n) is 11.6. The van der Waals surface area contributed by atoms with Gasteiger partial charge < -0.3 is 4.57 Å². The first kappa shape index (κ1) is 14.9. The molecule has 5 nitrogen and oxygen atoms in total. The zero-order valence-corrected chi connectivity index (χ0v) is 11.6. The van der Waals surface area contributed by atoms with E-state index in [4.69, 9.17) is 10.5 Å². The summed E-state index contributed by atoms with van der Waals surface area (Å²) in [6.07, 6.45) is 0. The number of hydrogen-bond acceptors (Lipinski definition) is 4. The number of nitrogens with zero attached hydrogens (tertiary/aromatic N) is 4. The lowest BCUT2D eigenvalue weighted by Crippen LogP contribution is -2.31. The second-order valence-corrected chi connectivity index (χ2v) is 4.41. The van der Waals surface area contributed by atoms with Crippen LogP contribution in [-0.4, -0.2) is 34.9 Å². The first-order valence-electron chi connectivity index (χ1n) is 6.21. The quantitative estimate of drug-likeness (QED) is 0.574. The number of carbonyl (C=O) groups excluding carboxylic acids is 1. The Morgan fingerprint density at radius 1 is 1.32 bits per heavy atom. The highest BCUT2D eigenvalue weighted by molar-refractivity contribution is 5.99. The lowest BCUT2D eigenvalue weighted by atomic mass is 10.1. The Balaban J connectivity index is 2.89. The number of hydrogen-bond donors (Lipinski definition) is 0. The van der Waals surface area contributed by atoms with Crippen LogP contribution in [0.3, 0.4) is 0 Å². The van der Waals surface area contributed by atoms with E-state index in [1.54, 1.807) is 4.90 Å². The minimum absolute atomic E-state index is 0.0432. The molecule has 0 aliphatic carbocycles. The number of rotatable bonds is 6. The van der Waals surface area contributed by atoms with Gasteiger partial charge in [-0.3, -0.25) is 9.69 Å². The molecule has 0 aliphatic heterocycles. The van der Waals surface area contributed by atoms with Gasteiger partial charge in [0.1, 0.15) is 0 Å². The lowest BCUT2D eigenvalue weighted by molar-refractivity contribution is 0.0945. The van der Waals surface area contributed by atoms with Crippen molar-refractivity contribution in [1.29, 1.82) is 10.5 Å². The summed E-state index contributed by atoms with van der Waals surface area (Å²) in [5.41, 5.74) is 2.68. The topological polar surface area (TPSA) is 72.8 Å². The van der Waals surface area contributed by atoms with Crippen LogP contribution in [0.1, 0.15) is 28.7 Å². The molecule has 0 saturated heterocycles. The molecule has 5 heteroatoms. The molecule has 1 rings (SSSR count). The summed E-state index contributed by atoms with van der Waals surface area (Å²) < 4.78 is 2.08. The average Bonchev–Trinajstić information content (AvgIpc) is 2.65. The first-order valence-corrected chi connectivity index (χ1v) is 6.21. The van der Waals surface area contributed by atoms with Crippen LogP contribution >= 0.6 is 0 Å². The molecule has 1 aromatic heterocycles. The van der Waals surface area contributed by atoms with Crippen LogP contribution in [-0.2, 0) is 6.54 Å². The molecule has 1 heterocycles. The van der Waals surface area contributed by atoms with Gasteiger partial charge in [-0.15, -0.1) is 0 Å². The maximum atomic E-state index is 12.2. The van der Waals surface area contributed by atoms with Crippen molar-refractivity contribution in [1.82, 2.24) is 9.47 Å². The molecule has 0 aliphatic rings. The van der Waals surface area contributed by atoms with Gasteiger partial charge in [0, 0.05) is 23.5 Å². The average molecular weight is 258 g/mol. The van der Waals surface area contributed by atoms with Crippen LogP contribution in [0.15, 0.2) is 6.07 Å². The number of aromatic nitrogens is 1. The molecular formula is C14H18N4O. The van der Waals surface area contributed by atoms with Gasteiger partial charge in [0.2, 0.25) is 0 Å². The van der Waals surface area contributed by atoms with E-state index in [1.807, 2.05) is 39.0 Å². The molecule has 0 bridgehead atoms. The van der Waals surface area contributed by atoms with Crippen LogP contribution in [0, 0.1) is 36.5 Å². The maximum absolute atomic E-state index is 12.2. The molecule has 0 amide bonds. The molecule has 0 atom stereocenters. The van der Waals surface area contributed by atoms with Gasteiger partial charge in [0.15, 0.2) is 5.78 Å². The Kier molecular flexibility index (Phi) is 5.29. The molecule has 0 unspecified atom stereocenters.